The van der Waals surface area contributed by atoms with E-state index in [9.17, 15) is 27.2 Å². The highest BCUT2D eigenvalue weighted by molar-refractivity contribution is 9.10. The first-order chi connectivity index (χ1) is 19.4. The van der Waals surface area contributed by atoms with Gasteiger partial charge < -0.3 is 4.90 Å². The summed E-state index contributed by atoms with van der Waals surface area (Å²) in [4.78, 5) is 49.7. The highest BCUT2D eigenvalue weighted by atomic mass is 79.9. The number of benzene rings is 1. The molecule has 1 unspecified atom stereocenters. The van der Waals surface area contributed by atoms with E-state index < -0.39 is 32.4 Å². The van der Waals surface area contributed by atoms with Gasteiger partial charge in [0.05, 0.1) is 16.7 Å². The Morgan fingerprint density at radius 3 is 2.39 bits per heavy atom. The van der Waals surface area contributed by atoms with Gasteiger partial charge in [0.25, 0.3) is 27.7 Å². The number of nitrogens with one attached hydrogen (secondary N) is 1. The number of hydrogen-bond acceptors (Lipinski definition) is 8. The fourth-order valence-electron chi connectivity index (χ4n) is 5.51. The number of imide groups is 1. The summed E-state index contributed by atoms with van der Waals surface area (Å²) in [7, 11) is -4.44. The van der Waals surface area contributed by atoms with Crippen molar-refractivity contribution >= 4 is 49.5 Å². The zero-order valence-corrected chi connectivity index (χ0v) is 24.7. The SMILES string of the molecule is CC1(C)CC(CCCN2C(=O)c3ccccc3C2=O)CN1c1nc(Br)ccc1C(=O)NS(=O)(=O)c1cccc(F)n1. The lowest BCUT2D eigenvalue weighted by Gasteiger charge is -2.33. The van der Waals surface area contributed by atoms with E-state index in [0.717, 1.165) is 25.0 Å². The summed E-state index contributed by atoms with van der Waals surface area (Å²) in [5.41, 5.74) is 0.444. The predicted molar refractivity (Wildman–Crippen MR) is 151 cm³/mol. The average Bonchev–Trinajstić information content (AvgIpc) is 3.35. The van der Waals surface area contributed by atoms with Gasteiger partial charge >= 0.3 is 0 Å². The summed E-state index contributed by atoms with van der Waals surface area (Å²) in [6, 6.07) is 13.1. The van der Waals surface area contributed by atoms with Crippen LogP contribution in [0.15, 0.2) is 64.2 Å². The molecule has 10 nitrogen and oxygen atoms in total. The van der Waals surface area contributed by atoms with E-state index in [1.807, 2.05) is 23.5 Å². The molecule has 3 aromatic rings. The first-order valence-electron chi connectivity index (χ1n) is 13.0. The van der Waals surface area contributed by atoms with E-state index in [4.69, 9.17) is 0 Å². The topological polar surface area (TPSA) is 130 Å². The lowest BCUT2D eigenvalue weighted by Crippen LogP contribution is -2.41. The van der Waals surface area contributed by atoms with Crippen molar-refractivity contribution in [2.45, 2.75) is 43.7 Å². The van der Waals surface area contributed by atoms with Gasteiger partial charge in [-0.25, -0.2) is 14.7 Å². The van der Waals surface area contributed by atoms with Gasteiger partial charge in [0, 0.05) is 18.6 Å². The molecule has 41 heavy (non-hydrogen) atoms. The number of pyridine rings is 2. The molecule has 0 radical (unpaired) electrons. The van der Waals surface area contributed by atoms with Gasteiger partial charge in [0.15, 0.2) is 5.03 Å². The number of anilines is 1. The van der Waals surface area contributed by atoms with E-state index in [2.05, 4.69) is 25.9 Å². The average molecular weight is 645 g/mol. The predicted octanol–water partition coefficient (Wildman–Crippen LogP) is 4.18. The number of nitrogens with zero attached hydrogens (tertiary/aromatic N) is 4. The minimum atomic E-state index is -4.44. The second kappa shape index (κ2) is 10.9. The molecule has 1 saturated heterocycles. The van der Waals surface area contributed by atoms with E-state index >= 15 is 0 Å². The molecule has 5 rings (SSSR count). The quantitative estimate of drug-likeness (QED) is 0.286. The maximum atomic E-state index is 13.5. The molecular formula is C28H27BrFN5O5S. The Kier molecular flexibility index (Phi) is 7.68. The van der Waals surface area contributed by atoms with Crippen LogP contribution in [-0.4, -0.2) is 59.6 Å². The van der Waals surface area contributed by atoms with Gasteiger partial charge in [-0.2, -0.15) is 12.8 Å². The highest BCUT2D eigenvalue weighted by Gasteiger charge is 2.41. The van der Waals surface area contributed by atoms with Crippen LogP contribution >= 0.6 is 15.9 Å². The molecule has 3 amide bonds. The number of amides is 3. The molecule has 0 bridgehead atoms. The van der Waals surface area contributed by atoms with Crippen LogP contribution in [0.25, 0.3) is 0 Å². The number of fused-ring (bicyclic) bond motifs is 1. The minimum absolute atomic E-state index is 0.0351. The number of carbonyl (C=O) groups is 3. The van der Waals surface area contributed by atoms with Gasteiger partial charge in [-0.3, -0.25) is 19.3 Å². The number of aromatic nitrogens is 2. The van der Waals surface area contributed by atoms with E-state index in [-0.39, 0.29) is 23.3 Å². The molecule has 0 aliphatic carbocycles. The van der Waals surface area contributed by atoms with Crippen molar-refractivity contribution in [2.75, 3.05) is 18.0 Å². The maximum Gasteiger partial charge on any atom is 0.281 e. The van der Waals surface area contributed by atoms with Gasteiger partial charge in [-0.1, -0.05) is 18.2 Å². The van der Waals surface area contributed by atoms with Gasteiger partial charge in [0.2, 0.25) is 5.95 Å². The van der Waals surface area contributed by atoms with Crippen LogP contribution in [0.2, 0.25) is 0 Å². The van der Waals surface area contributed by atoms with Crippen molar-refractivity contribution in [1.82, 2.24) is 19.6 Å². The Morgan fingerprint density at radius 2 is 1.73 bits per heavy atom. The van der Waals surface area contributed by atoms with E-state index in [0.29, 0.717) is 41.1 Å². The summed E-state index contributed by atoms with van der Waals surface area (Å²) >= 11 is 3.35. The minimum Gasteiger partial charge on any atom is -0.351 e. The molecule has 1 fully saturated rings. The molecule has 4 heterocycles. The monoisotopic (exact) mass is 643 g/mol. The first kappa shape index (κ1) is 28.8. The summed E-state index contributed by atoms with van der Waals surface area (Å²) in [5.74, 6) is -2.01. The van der Waals surface area contributed by atoms with Crippen LogP contribution < -0.4 is 9.62 Å². The molecule has 1 N–H and O–H groups in total. The maximum absolute atomic E-state index is 13.5. The Morgan fingerprint density at radius 1 is 1.05 bits per heavy atom. The van der Waals surface area contributed by atoms with Crippen molar-refractivity contribution in [3.8, 4) is 0 Å². The summed E-state index contributed by atoms with van der Waals surface area (Å²) in [6.07, 6.45) is 2.08. The van der Waals surface area contributed by atoms with Crippen molar-refractivity contribution in [1.29, 1.82) is 0 Å². The van der Waals surface area contributed by atoms with Crippen molar-refractivity contribution in [3.05, 3.63) is 81.8 Å². The lowest BCUT2D eigenvalue weighted by atomic mass is 9.93. The molecule has 1 atom stereocenters. The van der Waals surface area contributed by atoms with E-state index in [1.54, 1.807) is 24.3 Å². The summed E-state index contributed by atoms with van der Waals surface area (Å²) in [5, 5.41) is -0.614. The van der Waals surface area contributed by atoms with Crippen LogP contribution in [0.5, 0.6) is 0 Å². The molecular weight excluding hydrogens is 617 g/mol. The number of halogens is 2. The van der Waals surface area contributed by atoms with Crippen molar-refractivity contribution in [3.63, 3.8) is 0 Å². The molecule has 2 aromatic heterocycles. The third kappa shape index (κ3) is 5.73. The van der Waals surface area contributed by atoms with Crippen LogP contribution in [0.4, 0.5) is 10.2 Å². The van der Waals surface area contributed by atoms with Gasteiger partial charge in [0.1, 0.15) is 10.4 Å². The largest absolute Gasteiger partial charge is 0.351 e. The van der Waals surface area contributed by atoms with Gasteiger partial charge in [-0.15, -0.1) is 0 Å². The zero-order valence-electron chi connectivity index (χ0n) is 22.3. The van der Waals surface area contributed by atoms with Crippen LogP contribution in [-0.2, 0) is 10.0 Å². The molecule has 0 spiro atoms. The van der Waals surface area contributed by atoms with Crippen LogP contribution in [0.1, 0.15) is 64.2 Å². The number of rotatable bonds is 8. The fourth-order valence-corrected chi connectivity index (χ4v) is 6.73. The normalized spacial score (nSPS) is 18.1. The number of sulfonamides is 1. The number of carbonyl (C=O) groups excluding carboxylic acids is 3. The van der Waals surface area contributed by atoms with E-state index in [1.165, 1.54) is 23.1 Å². The Balaban J connectivity index is 1.29. The van der Waals surface area contributed by atoms with Gasteiger partial charge in [-0.05, 0) is 91.4 Å². The summed E-state index contributed by atoms with van der Waals surface area (Å²) < 4.78 is 41.4. The second-order valence-corrected chi connectivity index (χ2v) is 13.1. The molecule has 2 aliphatic rings. The van der Waals surface area contributed by atoms with Crippen LogP contribution in [0, 0.1) is 11.9 Å². The lowest BCUT2D eigenvalue weighted by molar-refractivity contribution is 0.0649. The third-order valence-corrected chi connectivity index (χ3v) is 9.04. The van der Waals surface area contributed by atoms with Crippen LogP contribution in [0.3, 0.4) is 0 Å². The summed E-state index contributed by atoms with van der Waals surface area (Å²) in [6.45, 7) is 4.85. The molecule has 214 valence electrons. The molecule has 1 aromatic carbocycles. The Bertz CT molecular complexity index is 1630. The second-order valence-electron chi connectivity index (χ2n) is 10.7. The zero-order chi connectivity index (χ0) is 29.5. The first-order valence-corrected chi connectivity index (χ1v) is 15.2. The number of hydrogen-bond donors (Lipinski definition) is 1. The smallest absolute Gasteiger partial charge is 0.281 e. The Labute approximate surface area is 245 Å². The molecule has 0 saturated carbocycles. The highest BCUT2D eigenvalue weighted by Crippen LogP contribution is 2.40. The third-order valence-electron chi connectivity index (χ3n) is 7.37. The fraction of sp³-hybridized carbons (Fsp3) is 0.321. The Hall–Kier alpha value is -3.71. The molecule has 2 aliphatic heterocycles. The van der Waals surface area contributed by atoms with Crippen molar-refractivity contribution < 1.29 is 27.2 Å². The van der Waals surface area contributed by atoms with Crippen molar-refractivity contribution in [2.24, 2.45) is 5.92 Å². The standard InChI is InChI=1S/C28H27BrFN5O5S/c1-28(2)15-17(7-6-14-34-26(37)18-8-3-4-9-19(18)27(34)38)16-35(28)24-20(12-13-21(29)31-24)25(36)33-41(39,40)23-11-5-10-22(30)32-23/h3-5,8-13,17H,6-7,14-16H2,1-2H3,(H,33,36). The molecule has 13 heteroatoms.